The van der Waals surface area contributed by atoms with E-state index in [0.717, 1.165) is 24.4 Å². The molecule has 2 heterocycles. The van der Waals surface area contributed by atoms with Crippen LogP contribution in [0.25, 0.3) is 0 Å². The summed E-state index contributed by atoms with van der Waals surface area (Å²) >= 11 is 1.63. The number of carboxylic acid groups (broad SMARTS) is 1. The molecule has 2 N–H and O–H groups in total. The summed E-state index contributed by atoms with van der Waals surface area (Å²) in [5, 5.41) is 13.6. The number of likely N-dealkylation sites (tertiary alicyclic amines) is 1. The number of nitrogens with zero attached hydrogens (tertiary/aromatic N) is 1. The van der Waals surface area contributed by atoms with Gasteiger partial charge in [0.15, 0.2) is 0 Å². The Balaban J connectivity index is 1.64. The van der Waals surface area contributed by atoms with Crippen molar-refractivity contribution in [3.05, 3.63) is 22.4 Å². The molecule has 0 radical (unpaired) electrons. The molecule has 20 heavy (non-hydrogen) atoms. The first kappa shape index (κ1) is 15.0. The molecule has 1 amide bonds. The van der Waals surface area contributed by atoms with E-state index in [0.29, 0.717) is 25.4 Å². The van der Waals surface area contributed by atoms with Gasteiger partial charge < -0.3 is 10.4 Å². The number of carbonyl (C=O) groups is 2. The molecule has 0 aliphatic carbocycles. The monoisotopic (exact) mass is 296 g/mol. The van der Waals surface area contributed by atoms with Gasteiger partial charge in [-0.25, -0.2) is 0 Å². The fourth-order valence-electron chi connectivity index (χ4n) is 2.48. The van der Waals surface area contributed by atoms with Crippen LogP contribution in [0.4, 0.5) is 0 Å². The average molecular weight is 296 g/mol. The van der Waals surface area contributed by atoms with Crippen molar-refractivity contribution in [2.45, 2.75) is 25.8 Å². The number of aliphatic carboxylic acids is 1. The summed E-state index contributed by atoms with van der Waals surface area (Å²) in [6.45, 7) is 2.72. The van der Waals surface area contributed by atoms with Crippen molar-refractivity contribution in [2.24, 2.45) is 5.92 Å². The van der Waals surface area contributed by atoms with Crippen molar-refractivity contribution >= 4 is 23.2 Å². The van der Waals surface area contributed by atoms with Crippen LogP contribution in [0.3, 0.4) is 0 Å². The molecule has 5 nitrogen and oxygen atoms in total. The molecule has 6 heteroatoms. The minimum absolute atomic E-state index is 0.0392. The molecular formula is C14H20N2O3S. The van der Waals surface area contributed by atoms with Crippen molar-refractivity contribution in [1.29, 1.82) is 0 Å². The van der Waals surface area contributed by atoms with Crippen molar-refractivity contribution in [2.75, 3.05) is 19.6 Å². The minimum atomic E-state index is -0.739. The Kier molecular flexibility index (Phi) is 5.55. The topological polar surface area (TPSA) is 69.6 Å². The zero-order valence-corrected chi connectivity index (χ0v) is 12.2. The maximum Gasteiger partial charge on any atom is 0.303 e. The molecule has 1 unspecified atom stereocenters. The van der Waals surface area contributed by atoms with Gasteiger partial charge in [-0.15, -0.1) is 11.3 Å². The van der Waals surface area contributed by atoms with Gasteiger partial charge in [-0.2, -0.15) is 0 Å². The maximum absolute atomic E-state index is 11.8. The van der Waals surface area contributed by atoms with Crippen LogP contribution in [0.5, 0.6) is 0 Å². The largest absolute Gasteiger partial charge is 0.481 e. The van der Waals surface area contributed by atoms with Crippen molar-refractivity contribution in [3.8, 4) is 0 Å². The summed E-state index contributed by atoms with van der Waals surface area (Å²) in [5.41, 5.74) is 0. The maximum atomic E-state index is 11.8. The Bertz CT molecular complexity index is 447. The third-order valence-corrected chi connectivity index (χ3v) is 4.42. The van der Waals surface area contributed by atoms with E-state index in [2.05, 4.69) is 10.2 Å². The third kappa shape index (κ3) is 4.94. The van der Waals surface area contributed by atoms with E-state index >= 15 is 0 Å². The first-order valence-corrected chi connectivity index (χ1v) is 7.74. The summed E-state index contributed by atoms with van der Waals surface area (Å²) < 4.78 is 0. The number of thiophene rings is 1. The first-order chi connectivity index (χ1) is 9.63. The molecule has 1 atom stereocenters. The Morgan fingerprint density at radius 1 is 1.50 bits per heavy atom. The SMILES string of the molecule is O=C(O)CCC1CCN(CC(=O)NCc2cccs2)C1. The highest BCUT2D eigenvalue weighted by Gasteiger charge is 2.24. The van der Waals surface area contributed by atoms with E-state index in [9.17, 15) is 9.59 Å². The highest BCUT2D eigenvalue weighted by atomic mass is 32.1. The number of carbonyl (C=O) groups excluding carboxylic acids is 1. The van der Waals surface area contributed by atoms with Crippen molar-refractivity contribution in [1.82, 2.24) is 10.2 Å². The molecule has 0 saturated carbocycles. The Morgan fingerprint density at radius 3 is 3.05 bits per heavy atom. The minimum Gasteiger partial charge on any atom is -0.481 e. The van der Waals surface area contributed by atoms with Gasteiger partial charge in [-0.1, -0.05) is 6.07 Å². The van der Waals surface area contributed by atoms with Crippen LogP contribution in [-0.4, -0.2) is 41.5 Å². The van der Waals surface area contributed by atoms with Gasteiger partial charge in [0.2, 0.25) is 5.91 Å². The smallest absolute Gasteiger partial charge is 0.303 e. The van der Waals surface area contributed by atoms with Crippen molar-refractivity contribution in [3.63, 3.8) is 0 Å². The fourth-order valence-corrected chi connectivity index (χ4v) is 3.12. The van der Waals surface area contributed by atoms with Gasteiger partial charge in [0.1, 0.15) is 0 Å². The number of rotatable bonds is 7. The highest BCUT2D eigenvalue weighted by Crippen LogP contribution is 2.20. The number of nitrogens with one attached hydrogen (secondary N) is 1. The second-order valence-electron chi connectivity index (χ2n) is 5.18. The Morgan fingerprint density at radius 2 is 2.35 bits per heavy atom. The van der Waals surface area contributed by atoms with Gasteiger partial charge in [-0.05, 0) is 36.8 Å². The first-order valence-electron chi connectivity index (χ1n) is 6.86. The molecule has 1 aromatic heterocycles. The quantitative estimate of drug-likeness (QED) is 0.801. The lowest BCUT2D eigenvalue weighted by atomic mass is 10.0. The predicted octanol–water partition coefficient (Wildman–Crippen LogP) is 1.55. The normalized spacial score (nSPS) is 19.1. The van der Waals surface area contributed by atoms with Crippen LogP contribution in [0, 0.1) is 5.92 Å². The predicted molar refractivity (Wildman–Crippen MR) is 77.6 cm³/mol. The number of carboxylic acids is 1. The highest BCUT2D eigenvalue weighted by molar-refractivity contribution is 7.09. The molecule has 1 saturated heterocycles. The Labute approximate surface area is 122 Å². The Hall–Kier alpha value is -1.40. The fraction of sp³-hybridized carbons (Fsp3) is 0.571. The summed E-state index contributed by atoms with van der Waals surface area (Å²) in [5.74, 6) is -0.286. The van der Waals surface area contributed by atoms with E-state index in [1.807, 2.05) is 17.5 Å². The van der Waals surface area contributed by atoms with Gasteiger partial charge in [0.25, 0.3) is 0 Å². The van der Waals surface area contributed by atoms with E-state index in [1.54, 1.807) is 11.3 Å². The van der Waals surface area contributed by atoms with Crippen LogP contribution in [0.15, 0.2) is 17.5 Å². The number of hydrogen-bond donors (Lipinski definition) is 2. The molecule has 1 fully saturated rings. The summed E-state index contributed by atoms with van der Waals surface area (Å²) in [7, 11) is 0. The zero-order chi connectivity index (χ0) is 14.4. The number of hydrogen-bond acceptors (Lipinski definition) is 4. The zero-order valence-electron chi connectivity index (χ0n) is 11.4. The standard InChI is InChI=1S/C14H20N2O3S/c17-13(15-8-12-2-1-7-20-12)10-16-6-5-11(9-16)3-4-14(18)19/h1-2,7,11H,3-6,8-10H2,(H,15,17)(H,18,19). The van der Waals surface area contributed by atoms with E-state index in [-0.39, 0.29) is 12.3 Å². The van der Waals surface area contributed by atoms with Crippen LogP contribution in [-0.2, 0) is 16.1 Å². The van der Waals surface area contributed by atoms with Gasteiger partial charge in [0, 0.05) is 17.8 Å². The molecule has 0 bridgehead atoms. The molecule has 1 aliphatic heterocycles. The average Bonchev–Trinajstić information content (AvgIpc) is 3.05. The molecule has 2 rings (SSSR count). The van der Waals surface area contributed by atoms with Crippen molar-refractivity contribution < 1.29 is 14.7 Å². The second kappa shape index (κ2) is 7.40. The number of amides is 1. The molecule has 1 aromatic rings. The van der Waals surface area contributed by atoms with Crippen LogP contribution < -0.4 is 5.32 Å². The van der Waals surface area contributed by atoms with Gasteiger partial charge in [-0.3, -0.25) is 14.5 Å². The van der Waals surface area contributed by atoms with Crippen LogP contribution in [0.1, 0.15) is 24.1 Å². The third-order valence-electron chi connectivity index (χ3n) is 3.54. The van der Waals surface area contributed by atoms with E-state index < -0.39 is 5.97 Å². The summed E-state index contributed by atoms with van der Waals surface area (Å²) in [6.07, 6.45) is 1.93. The molecule has 1 aliphatic rings. The molecule has 0 spiro atoms. The second-order valence-corrected chi connectivity index (χ2v) is 6.21. The molecular weight excluding hydrogens is 276 g/mol. The lowest BCUT2D eigenvalue weighted by Gasteiger charge is -2.15. The van der Waals surface area contributed by atoms with Gasteiger partial charge in [0.05, 0.1) is 13.1 Å². The van der Waals surface area contributed by atoms with Crippen LogP contribution >= 0.6 is 11.3 Å². The summed E-state index contributed by atoms with van der Waals surface area (Å²) in [4.78, 5) is 25.6. The lowest BCUT2D eigenvalue weighted by Crippen LogP contribution is -2.35. The molecule has 0 aromatic carbocycles. The van der Waals surface area contributed by atoms with Gasteiger partial charge >= 0.3 is 5.97 Å². The van der Waals surface area contributed by atoms with E-state index in [4.69, 9.17) is 5.11 Å². The van der Waals surface area contributed by atoms with E-state index in [1.165, 1.54) is 0 Å². The lowest BCUT2D eigenvalue weighted by molar-refractivity contribution is -0.137. The van der Waals surface area contributed by atoms with Crippen LogP contribution in [0.2, 0.25) is 0 Å². The summed E-state index contributed by atoms with van der Waals surface area (Å²) in [6, 6.07) is 3.97. The molecule has 110 valence electrons.